The van der Waals surface area contributed by atoms with Crippen molar-refractivity contribution in [2.24, 2.45) is 5.10 Å². The summed E-state index contributed by atoms with van der Waals surface area (Å²) < 4.78 is 1.05. The minimum Gasteiger partial charge on any atom is -0.253 e. The molecule has 1 aromatic heterocycles. The molecule has 0 fully saturated rings. The Hall–Kier alpha value is -2.41. The molecule has 0 unspecified atom stereocenters. The molecule has 0 spiro atoms. The highest BCUT2D eigenvalue weighted by atomic mass is 79.9. The Labute approximate surface area is 180 Å². The smallest absolute Gasteiger partial charge is 0.203 e. The average Bonchev–Trinajstić information content (AvgIpc) is 3.20. The Balaban J connectivity index is 1.39. The van der Waals surface area contributed by atoms with Crippen LogP contribution in [0.2, 0.25) is 0 Å². The summed E-state index contributed by atoms with van der Waals surface area (Å²) >= 11 is 6.72. The van der Waals surface area contributed by atoms with Gasteiger partial charge in [-0.2, -0.15) is 5.10 Å². The Morgan fingerprint density at radius 3 is 2.36 bits per heavy atom. The molecule has 6 heteroatoms. The van der Waals surface area contributed by atoms with Gasteiger partial charge < -0.3 is 0 Å². The number of hydrogen-bond donors (Lipinski definition) is 1. The molecule has 3 nitrogen and oxygen atoms in total. The molecule has 0 radical (unpaired) electrons. The zero-order valence-electron chi connectivity index (χ0n) is 14.7. The van der Waals surface area contributed by atoms with Gasteiger partial charge in [0.2, 0.25) is 5.13 Å². The molecule has 4 aromatic rings. The van der Waals surface area contributed by atoms with Gasteiger partial charge in [-0.1, -0.05) is 70.2 Å². The lowest BCUT2D eigenvalue weighted by Crippen LogP contribution is -1.90. The van der Waals surface area contributed by atoms with Crippen LogP contribution in [0.15, 0.2) is 104 Å². The number of hydrogen-bond acceptors (Lipinski definition) is 5. The van der Waals surface area contributed by atoms with Crippen LogP contribution in [0.5, 0.6) is 0 Å². The Morgan fingerprint density at radius 2 is 1.61 bits per heavy atom. The molecule has 0 atom stereocenters. The standard InChI is InChI=1S/C22H16BrN3S2/c23-18-10-6-16(7-11-18)14-24-26-22-25-21(15-27-22)17-8-12-20(13-9-17)28-19-4-2-1-3-5-19/h1-15H,(H,25,26)/b24-14+. The molecule has 28 heavy (non-hydrogen) atoms. The monoisotopic (exact) mass is 465 g/mol. The lowest BCUT2D eigenvalue weighted by Gasteiger charge is -2.02. The van der Waals surface area contributed by atoms with Gasteiger partial charge >= 0.3 is 0 Å². The van der Waals surface area contributed by atoms with E-state index in [2.05, 4.69) is 80.0 Å². The van der Waals surface area contributed by atoms with Crippen molar-refractivity contribution in [3.05, 3.63) is 94.3 Å². The SMILES string of the molecule is Brc1ccc(/C=N/Nc2nc(-c3ccc(Sc4ccccc4)cc3)cs2)cc1. The van der Waals surface area contributed by atoms with E-state index in [-0.39, 0.29) is 0 Å². The number of thiazole rings is 1. The van der Waals surface area contributed by atoms with Gasteiger partial charge in [-0.05, 0) is 42.0 Å². The van der Waals surface area contributed by atoms with Crippen LogP contribution >= 0.6 is 39.0 Å². The fraction of sp³-hybridized carbons (Fsp3) is 0. The second kappa shape index (κ2) is 9.19. The number of aromatic nitrogens is 1. The largest absolute Gasteiger partial charge is 0.253 e. The van der Waals surface area contributed by atoms with Crippen molar-refractivity contribution in [1.29, 1.82) is 0 Å². The topological polar surface area (TPSA) is 37.3 Å². The first kappa shape index (κ1) is 18.9. The predicted molar refractivity (Wildman–Crippen MR) is 123 cm³/mol. The molecule has 1 heterocycles. The molecule has 0 aliphatic carbocycles. The molecule has 0 amide bonds. The van der Waals surface area contributed by atoms with Gasteiger partial charge in [-0.3, -0.25) is 5.43 Å². The van der Waals surface area contributed by atoms with Crippen molar-refractivity contribution in [3.63, 3.8) is 0 Å². The lowest BCUT2D eigenvalue weighted by atomic mass is 10.2. The zero-order chi connectivity index (χ0) is 19.2. The third-order valence-corrected chi connectivity index (χ3v) is 6.17. The Kier molecular flexibility index (Phi) is 6.21. The number of nitrogens with zero attached hydrogens (tertiary/aromatic N) is 2. The summed E-state index contributed by atoms with van der Waals surface area (Å²) in [5.74, 6) is 0. The summed E-state index contributed by atoms with van der Waals surface area (Å²) in [5.41, 5.74) is 6.07. The molecule has 1 N–H and O–H groups in total. The second-order valence-corrected chi connectivity index (χ2v) is 8.82. The van der Waals surface area contributed by atoms with Gasteiger partial charge in [-0.25, -0.2) is 4.98 Å². The number of rotatable bonds is 6. The van der Waals surface area contributed by atoms with Gasteiger partial charge in [-0.15, -0.1) is 11.3 Å². The Bertz CT molecular complexity index is 1060. The quantitative estimate of drug-likeness (QED) is 0.242. The number of halogens is 1. The second-order valence-electron chi connectivity index (χ2n) is 5.90. The lowest BCUT2D eigenvalue weighted by molar-refractivity contribution is 1.28. The molecule has 0 saturated heterocycles. The first-order valence-corrected chi connectivity index (χ1v) is 11.1. The van der Waals surface area contributed by atoms with E-state index in [1.807, 2.05) is 35.7 Å². The van der Waals surface area contributed by atoms with Crippen LogP contribution in [0.1, 0.15) is 5.56 Å². The summed E-state index contributed by atoms with van der Waals surface area (Å²) in [5, 5.41) is 7.07. The maximum absolute atomic E-state index is 4.62. The summed E-state index contributed by atoms with van der Waals surface area (Å²) in [7, 11) is 0. The normalized spacial score (nSPS) is 11.0. The molecule has 3 aromatic carbocycles. The predicted octanol–water partition coefficient (Wildman–Crippen LogP) is 7.17. The van der Waals surface area contributed by atoms with Crippen molar-refractivity contribution in [2.75, 3.05) is 5.43 Å². The maximum Gasteiger partial charge on any atom is 0.203 e. The van der Waals surface area contributed by atoms with Crippen molar-refractivity contribution in [2.45, 2.75) is 9.79 Å². The molecular formula is C22H16BrN3S2. The number of nitrogens with one attached hydrogen (secondary N) is 1. The van der Waals surface area contributed by atoms with E-state index in [0.717, 1.165) is 26.4 Å². The van der Waals surface area contributed by atoms with Crippen molar-refractivity contribution >= 4 is 50.4 Å². The van der Waals surface area contributed by atoms with Gasteiger partial charge in [0.25, 0.3) is 0 Å². The first-order chi connectivity index (χ1) is 13.8. The summed E-state index contributed by atoms with van der Waals surface area (Å²) in [6.07, 6.45) is 1.78. The van der Waals surface area contributed by atoms with Crippen LogP contribution in [0.25, 0.3) is 11.3 Å². The van der Waals surface area contributed by atoms with Crippen LogP contribution < -0.4 is 5.43 Å². The number of hydrazone groups is 1. The minimum absolute atomic E-state index is 0.770. The van der Waals surface area contributed by atoms with Crippen LogP contribution in [-0.2, 0) is 0 Å². The third kappa shape index (κ3) is 5.10. The van der Waals surface area contributed by atoms with E-state index in [1.54, 1.807) is 29.3 Å². The van der Waals surface area contributed by atoms with E-state index < -0.39 is 0 Å². The number of benzene rings is 3. The Morgan fingerprint density at radius 1 is 0.893 bits per heavy atom. The molecule has 0 bridgehead atoms. The highest BCUT2D eigenvalue weighted by Crippen LogP contribution is 2.30. The van der Waals surface area contributed by atoms with E-state index >= 15 is 0 Å². The molecule has 0 saturated carbocycles. The summed E-state index contributed by atoms with van der Waals surface area (Å²) in [4.78, 5) is 7.06. The fourth-order valence-electron chi connectivity index (χ4n) is 2.49. The van der Waals surface area contributed by atoms with Crippen molar-refractivity contribution in [1.82, 2.24) is 4.98 Å². The van der Waals surface area contributed by atoms with Gasteiger partial charge in [0.05, 0.1) is 11.9 Å². The maximum atomic E-state index is 4.62. The van der Waals surface area contributed by atoms with E-state index in [1.165, 1.54) is 9.79 Å². The van der Waals surface area contributed by atoms with Crippen LogP contribution in [-0.4, -0.2) is 11.2 Å². The summed E-state index contributed by atoms with van der Waals surface area (Å²) in [6, 6.07) is 26.8. The minimum atomic E-state index is 0.770. The van der Waals surface area contributed by atoms with Crippen molar-refractivity contribution < 1.29 is 0 Å². The van der Waals surface area contributed by atoms with Crippen LogP contribution in [0.3, 0.4) is 0 Å². The average molecular weight is 466 g/mol. The highest BCUT2D eigenvalue weighted by Gasteiger charge is 2.05. The van der Waals surface area contributed by atoms with Crippen LogP contribution in [0, 0.1) is 0 Å². The molecule has 0 aliphatic rings. The molecule has 0 aliphatic heterocycles. The molecule has 4 rings (SSSR count). The molecule has 138 valence electrons. The fourth-order valence-corrected chi connectivity index (χ4v) is 4.26. The van der Waals surface area contributed by atoms with Crippen LogP contribution in [0.4, 0.5) is 5.13 Å². The summed E-state index contributed by atoms with van der Waals surface area (Å²) in [6.45, 7) is 0. The van der Waals surface area contributed by atoms with E-state index in [0.29, 0.717) is 0 Å². The van der Waals surface area contributed by atoms with E-state index in [9.17, 15) is 0 Å². The van der Waals surface area contributed by atoms with Gasteiger partial charge in [0.15, 0.2) is 0 Å². The first-order valence-electron chi connectivity index (χ1n) is 8.60. The van der Waals surface area contributed by atoms with Gasteiger partial charge in [0.1, 0.15) is 0 Å². The number of anilines is 1. The van der Waals surface area contributed by atoms with E-state index in [4.69, 9.17) is 0 Å². The highest BCUT2D eigenvalue weighted by molar-refractivity contribution is 9.10. The third-order valence-electron chi connectivity index (χ3n) is 3.88. The van der Waals surface area contributed by atoms with Crippen molar-refractivity contribution in [3.8, 4) is 11.3 Å². The molecular weight excluding hydrogens is 450 g/mol. The zero-order valence-corrected chi connectivity index (χ0v) is 18.0. The van der Waals surface area contributed by atoms with Gasteiger partial charge in [0, 0.05) is 25.2 Å².